The molecule has 0 aromatic carbocycles. The lowest BCUT2D eigenvalue weighted by molar-refractivity contribution is -0.700. The van der Waals surface area contributed by atoms with Gasteiger partial charge in [0.15, 0.2) is 12.8 Å². The number of halogens is 1. The Balaban J connectivity index is 0.000000810. The maximum atomic E-state index is 8.42. The molecule has 58 valence electrons. The molecule has 0 aliphatic carbocycles. The molecule has 0 spiro atoms. The summed E-state index contributed by atoms with van der Waals surface area (Å²) < 4.78 is 6.68. The Labute approximate surface area is 70.1 Å². The van der Waals surface area contributed by atoms with Crippen LogP contribution in [0.25, 0.3) is 0 Å². The second kappa shape index (κ2) is 5.44. The van der Waals surface area contributed by atoms with Gasteiger partial charge in [-0.25, -0.2) is 0 Å². The first-order valence-electron chi connectivity index (χ1n) is 2.95. The number of hydrogen-bond donors (Lipinski definition) is 1. The van der Waals surface area contributed by atoms with E-state index in [1.165, 1.54) is 0 Å². The molecule has 0 unspecified atom stereocenters. The number of aliphatic hydroxyl groups excluding tert-OH is 1. The minimum absolute atomic E-state index is 0. The van der Waals surface area contributed by atoms with Gasteiger partial charge in [0.25, 0.3) is 0 Å². The van der Waals surface area contributed by atoms with Crippen molar-refractivity contribution < 1.29 is 31.1 Å². The zero-order chi connectivity index (χ0) is 6.53. The molecule has 0 amide bonds. The predicted octanol–water partition coefficient (Wildman–Crippen LogP) is -3.05. The standard InChI is InChI=1S/C6H10NO2.BrH/c8-4-1-2-7-3-5-9-6-7;/h3,5-6,8H,1-2,4H2;1H/q+1;/p-1. The Kier molecular flexibility index (Phi) is 5.25. The van der Waals surface area contributed by atoms with E-state index in [2.05, 4.69) is 0 Å². The molecular weight excluding hydrogens is 198 g/mol. The SMILES string of the molecule is OCCC[n+]1ccoc1.[Br-]. The predicted molar refractivity (Wildman–Crippen MR) is 30.6 cm³/mol. The van der Waals surface area contributed by atoms with Crippen LogP contribution in [-0.4, -0.2) is 11.7 Å². The summed E-state index contributed by atoms with van der Waals surface area (Å²) in [5.74, 6) is 0. The Bertz CT molecular complexity index is 153. The Morgan fingerprint density at radius 3 is 2.80 bits per heavy atom. The van der Waals surface area contributed by atoms with Crippen molar-refractivity contribution in [2.45, 2.75) is 13.0 Å². The second-order valence-corrected chi connectivity index (χ2v) is 1.84. The molecule has 1 aromatic heterocycles. The van der Waals surface area contributed by atoms with Crippen molar-refractivity contribution in [3.8, 4) is 0 Å². The fraction of sp³-hybridized carbons (Fsp3) is 0.500. The third kappa shape index (κ3) is 2.98. The van der Waals surface area contributed by atoms with E-state index in [1.807, 2.05) is 10.8 Å². The smallest absolute Gasteiger partial charge is 0.334 e. The molecule has 0 fully saturated rings. The van der Waals surface area contributed by atoms with E-state index in [0.717, 1.165) is 13.0 Å². The zero-order valence-electron chi connectivity index (χ0n) is 5.53. The normalized spacial score (nSPS) is 8.90. The van der Waals surface area contributed by atoms with E-state index in [0.29, 0.717) is 0 Å². The first kappa shape index (κ1) is 9.65. The monoisotopic (exact) mass is 207 g/mol. The number of nitrogens with zero attached hydrogens (tertiary/aromatic N) is 1. The number of aryl methyl sites for hydroxylation is 1. The quantitative estimate of drug-likeness (QED) is 0.536. The number of rotatable bonds is 3. The van der Waals surface area contributed by atoms with Gasteiger partial charge in [-0.2, -0.15) is 4.57 Å². The maximum Gasteiger partial charge on any atom is 0.334 e. The molecule has 1 aromatic rings. The van der Waals surface area contributed by atoms with E-state index in [9.17, 15) is 0 Å². The number of aliphatic hydroxyl groups is 1. The molecule has 3 nitrogen and oxygen atoms in total. The Morgan fingerprint density at radius 1 is 1.50 bits per heavy atom. The van der Waals surface area contributed by atoms with E-state index in [4.69, 9.17) is 9.52 Å². The van der Waals surface area contributed by atoms with Gasteiger partial charge in [-0.05, 0) is 0 Å². The van der Waals surface area contributed by atoms with Crippen LogP contribution in [0.3, 0.4) is 0 Å². The molecule has 1 N–H and O–H groups in total. The fourth-order valence-corrected chi connectivity index (χ4v) is 0.642. The second-order valence-electron chi connectivity index (χ2n) is 1.84. The molecule has 0 saturated heterocycles. The minimum Gasteiger partial charge on any atom is -1.00 e. The van der Waals surface area contributed by atoms with Gasteiger partial charge in [-0.3, -0.25) is 0 Å². The van der Waals surface area contributed by atoms with E-state index >= 15 is 0 Å². The highest BCUT2D eigenvalue weighted by atomic mass is 79.9. The molecule has 0 atom stereocenters. The lowest BCUT2D eigenvalue weighted by atomic mass is 10.4. The molecule has 4 heteroatoms. The van der Waals surface area contributed by atoms with Crippen molar-refractivity contribution in [3.05, 3.63) is 18.9 Å². The van der Waals surface area contributed by atoms with Gasteiger partial charge in [0.2, 0.25) is 6.20 Å². The average Bonchev–Trinajstić information content (AvgIpc) is 2.34. The summed E-state index contributed by atoms with van der Waals surface area (Å²) in [6.07, 6.45) is 5.84. The maximum absolute atomic E-state index is 8.42. The molecule has 0 saturated carbocycles. The lowest BCUT2D eigenvalue weighted by Gasteiger charge is -1.85. The van der Waals surface area contributed by atoms with Gasteiger partial charge in [0.05, 0.1) is 0 Å². The van der Waals surface area contributed by atoms with Gasteiger partial charge in [0.1, 0.15) is 0 Å². The zero-order valence-corrected chi connectivity index (χ0v) is 7.12. The summed E-state index contributed by atoms with van der Waals surface area (Å²) in [4.78, 5) is 0. The van der Waals surface area contributed by atoms with Crippen molar-refractivity contribution in [2.75, 3.05) is 6.61 Å². The fourth-order valence-electron chi connectivity index (χ4n) is 0.642. The summed E-state index contributed by atoms with van der Waals surface area (Å²) in [6.45, 7) is 1.06. The van der Waals surface area contributed by atoms with Gasteiger partial charge < -0.3 is 26.5 Å². The number of oxazole rings is 1. The van der Waals surface area contributed by atoms with Crippen LogP contribution in [0.4, 0.5) is 0 Å². The molecule has 10 heavy (non-hydrogen) atoms. The van der Waals surface area contributed by atoms with Crippen molar-refractivity contribution in [1.82, 2.24) is 0 Å². The van der Waals surface area contributed by atoms with Crippen LogP contribution in [0.5, 0.6) is 0 Å². The molecule has 1 heterocycles. The summed E-state index contributed by atoms with van der Waals surface area (Å²) in [5, 5.41) is 8.42. The van der Waals surface area contributed by atoms with E-state index in [-0.39, 0.29) is 23.6 Å². The minimum atomic E-state index is 0. The van der Waals surface area contributed by atoms with Gasteiger partial charge in [0, 0.05) is 13.0 Å². The third-order valence-corrected chi connectivity index (χ3v) is 1.10. The molecule has 1 rings (SSSR count). The Hall–Kier alpha value is -0.350. The van der Waals surface area contributed by atoms with Crippen molar-refractivity contribution in [1.29, 1.82) is 0 Å². The summed E-state index contributed by atoms with van der Waals surface area (Å²) in [6, 6.07) is 0. The highest BCUT2D eigenvalue weighted by Gasteiger charge is 1.97. The van der Waals surface area contributed by atoms with Crippen molar-refractivity contribution >= 4 is 0 Å². The lowest BCUT2D eigenvalue weighted by Crippen LogP contribution is -3.00. The van der Waals surface area contributed by atoms with Crippen LogP contribution in [0, 0.1) is 0 Å². The van der Waals surface area contributed by atoms with Crippen LogP contribution < -0.4 is 21.5 Å². The topological polar surface area (TPSA) is 37.2 Å². The first-order valence-corrected chi connectivity index (χ1v) is 2.95. The van der Waals surface area contributed by atoms with E-state index < -0.39 is 0 Å². The third-order valence-electron chi connectivity index (χ3n) is 1.10. The molecular formula is C6H10BrNO2. The van der Waals surface area contributed by atoms with Crippen LogP contribution in [0.1, 0.15) is 6.42 Å². The van der Waals surface area contributed by atoms with Crippen molar-refractivity contribution in [2.24, 2.45) is 0 Å². The van der Waals surface area contributed by atoms with Crippen LogP contribution in [-0.2, 0) is 6.54 Å². The molecule has 0 aliphatic heterocycles. The van der Waals surface area contributed by atoms with Crippen LogP contribution in [0.2, 0.25) is 0 Å². The Morgan fingerprint density at radius 2 is 2.30 bits per heavy atom. The van der Waals surface area contributed by atoms with Gasteiger partial charge in [-0.15, -0.1) is 0 Å². The highest BCUT2D eigenvalue weighted by molar-refractivity contribution is 4.46. The van der Waals surface area contributed by atoms with Gasteiger partial charge in [-0.1, -0.05) is 0 Å². The molecule has 0 aliphatic rings. The van der Waals surface area contributed by atoms with E-state index in [1.54, 1.807) is 12.7 Å². The van der Waals surface area contributed by atoms with Crippen LogP contribution in [0.15, 0.2) is 23.3 Å². The van der Waals surface area contributed by atoms with Crippen molar-refractivity contribution in [3.63, 3.8) is 0 Å². The summed E-state index contributed by atoms with van der Waals surface area (Å²) in [7, 11) is 0. The van der Waals surface area contributed by atoms with Gasteiger partial charge >= 0.3 is 6.39 Å². The van der Waals surface area contributed by atoms with Crippen LogP contribution >= 0.6 is 0 Å². The average molecular weight is 208 g/mol. The largest absolute Gasteiger partial charge is 1.00 e. The summed E-state index contributed by atoms with van der Waals surface area (Å²) >= 11 is 0. The number of aromatic nitrogens is 1. The molecule has 0 bridgehead atoms. The first-order chi connectivity index (χ1) is 4.43. The molecule has 0 radical (unpaired) electrons. The highest BCUT2D eigenvalue weighted by Crippen LogP contribution is 1.79. The summed E-state index contributed by atoms with van der Waals surface area (Å²) in [5.41, 5.74) is 0. The number of hydrogen-bond acceptors (Lipinski definition) is 2.